The molecule has 6 heteroatoms. The van der Waals surface area contributed by atoms with Crippen LogP contribution in [-0.4, -0.2) is 39.5 Å². The number of benzene rings is 1. The summed E-state index contributed by atoms with van der Waals surface area (Å²) in [5.41, 5.74) is 6.49. The van der Waals surface area contributed by atoms with E-state index in [4.69, 9.17) is 10.9 Å². The normalized spacial score (nSPS) is 24.9. The second-order valence-corrected chi connectivity index (χ2v) is 6.56. The molecular weight excluding hydrogens is 277 g/mol. The molecule has 20 heavy (non-hydrogen) atoms. The van der Waals surface area contributed by atoms with Crippen molar-refractivity contribution in [3.63, 3.8) is 0 Å². The summed E-state index contributed by atoms with van der Waals surface area (Å²) in [7, 11) is 0. The molecule has 0 saturated carbocycles. The smallest absolute Gasteiger partial charge is 0.170 e. The summed E-state index contributed by atoms with van der Waals surface area (Å²) in [5.74, 6) is 0.689. The molecule has 1 saturated heterocycles. The zero-order valence-corrected chi connectivity index (χ0v) is 12.5. The molecule has 1 fully saturated rings. The quantitative estimate of drug-likeness (QED) is 0.389. The van der Waals surface area contributed by atoms with E-state index in [0.29, 0.717) is 29.0 Å². The van der Waals surface area contributed by atoms with Crippen molar-refractivity contribution in [3.8, 4) is 0 Å². The van der Waals surface area contributed by atoms with Gasteiger partial charge in [0.05, 0.1) is 0 Å². The molecule has 0 amide bonds. The summed E-state index contributed by atoms with van der Waals surface area (Å²) in [6.45, 7) is 5.95. The lowest BCUT2D eigenvalue weighted by molar-refractivity contribution is 0.202. The Morgan fingerprint density at radius 3 is 2.95 bits per heavy atom. The number of nitrogens with two attached hydrogens (primary N) is 1. The highest BCUT2D eigenvalue weighted by molar-refractivity contribution is 8.00. The Morgan fingerprint density at radius 2 is 2.30 bits per heavy atom. The highest BCUT2D eigenvalue weighted by Gasteiger charge is 2.25. The number of rotatable bonds is 3. The van der Waals surface area contributed by atoms with Crippen LogP contribution in [-0.2, 0) is 6.54 Å². The molecule has 2 atom stereocenters. The van der Waals surface area contributed by atoms with Crippen molar-refractivity contribution in [1.29, 1.82) is 0 Å². The topological polar surface area (TPSA) is 61.8 Å². The first-order chi connectivity index (χ1) is 9.52. The van der Waals surface area contributed by atoms with E-state index in [2.05, 4.69) is 23.9 Å². The largest absolute Gasteiger partial charge is 0.409 e. The molecule has 1 heterocycles. The van der Waals surface area contributed by atoms with Gasteiger partial charge in [-0.2, -0.15) is 11.8 Å². The molecule has 1 aliphatic heterocycles. The number of hydrogen-bond acceptors (Lipinski definition) is 4. The van der Waals surface area contributed by atoms with Crippen LogP contribution in [0.3, 0.4) is 0 Å². The number of oxime groups is 1. The fraction of sp³-hybridized carbons (Fsp3) is 0.500. The number of halogens is 1. The van der Waals surface area contributed by atoms with Crippen LogP contribution in [0.4, 0.5) is 4.39 Å². The predicted octanol–water partition coefficient (Wildman–Crippen LogP) is 2.25. The fourth-order valence-electron chi connectivity index (χ4n) is 2.33. The molecule has 1 aromatic rings. The van der Waals surface area contributed by atoms with Gasteiger partial charge in [0.1, 0.15) is 5.82 Å². The monoisotopic (exact) mass is 297 g/mol. The van der Waals surface area contributed by atoms with Crippen LogP contribution in [0, 0.1) is 5.82 Å². The maximum absolute atomic E-state index is 14.1. The first-order valence-corrected chi connectivity index (χ1v) is 7.69. The number of thioether (sulfide) groups is 1. The van der Waals surface area contributed by atoms with E-state index in [9.17, 15) is 4.39 Å². The Kier molecular flexibility index (Phi) is 4.88. The van der Waals surface area contributed by atoms with Gasteiger partial charge < -0.3 is 10.9 Å². The van der Waals surface area contributed by atoms with Crippen LogP contribution in [0.15, 0.2) is 23.4 Å². The van der Waals surface area contributed by atoms with Crippen molar-refractivity contribution in [2.45, 2.75) is 31.7 Å². The summed E-state index contributed by atoms with van der Waals surface area (Å²) >= 11 is 1.96. The lowest BCUT2D eigenvalue weighted by atomic mass is 10.1. The lowest BCUT2D eigenvalue weighted by Gasteiger charge is -2.37. The Bertz CT molecular complexity index is 509. The minimum atomic E-state index is -0.313. The average Bonchev–Trinajstić information content (AvgIpc) is 2.45. The number of hydrogen-bond donors (Lipinski definition) is 2. The fourth-order valence-corrected chi connectivity index (χ4v) is 3.49. The molecule has 2 rings (SSSR count). The van der Waals surface area contributed by atoms with Crippen LogP contribution in [0.25, 0.3) is 0 Å². The molecule has 4 nitrogen and oxygen atoms in total. The van der Waals surface area contributed by atoms with Gasteiger partial charge in [-0.25, -0.2) is 4.39 Å². The zero-order chi connectivity index (χ0) is 14.7. The Labute approximate surface area is 122 Å². The summed E-state index contributed by atoms with van der Waals surface area (Å²) in [6.07, 6.45) is 0. The van der Waals surface area contributed by atoms with Crippen molar-refractivity contribution >= 4 is 17.6 Å². The van der Waals surface area contributed by atoms with Crippen LogP contribution in [0.2, 0.25) is 0 Å². The van der Waals surface area contributed by atoms with Crippen molar-refractivity contribution in [3.05, 3.63) is 35.1 Å². The molecule has 1 aliphatic rings. The van der Waals surface area contributed by atoms with E-state index < -0.39 is 0 Å². The van der Waals surface area contributed by atoms with Gasteiger partial charge in [-0.3, -0.25) is 4.90 Å². The molecule has 0 bridgehead atoms. The highest BCUT2D eigenvalue weighted by atomic mass is 32.2. The minimum absolute atomic E-state index is 0.0770. The zero-order valence-electron chi connectivity index (χ0n) is 11.7. The standard InChI is InChI=1S/C14H20FN3OS/c1-9-10(2)20-6-5-18(9)8-12-4-3-11(7-13(12)15)14(16)17-19/h3-4,7,9-10,19H,5-6,8H2,1-2H3,(H2,16,17). The minimum Gasteiger partial charge on any atom is -0.409 e. The molecule has 2 unspecified atom stereocenters. The average molecular weight is 297 g/mol. The summed E-state index contributed by atoms with van der Waals surface area (Å²) in [5, 5.41) is 12.0. The van der Waals surface area contributed by atoms with Crippen molar-refractivity contribution in [2.24, 2.45) is 10.9 Å². The SMILES string of the molecule is CC1SCCN(Cc2ccc(/C(N)=N/O)cc2F)C1C. The Balaban J connectivity index is 2.14. The van der Waals surface area contributed by atoms with Gasteiger partial charge in [-0.05, 0) is 13.0 Å². The van der Waals surface area contributed by atoms with Crippen LogP contribution < -0.4 is 5.73 Å². The van der Waals surface area contributed by atoms with Gasteiger partial charge in [0.25, 0.3) is 0 Å². The molecule has 0 aromatic heterocycles. The highest BCUT2D eigenvalue weighted by Crippen LogP contribution is 2.26. The van der Waals surface area contributed by atoms with E-state index in [0.717, 1.165) is 12.3 Å². The lowest BCUT2D eigenvalue weighted by Crippen LogP contribution is -2.44. The Morgan fingerprint density at radius 1 is 1.55 bits per heavy atom. The third-order valence-electron chi connectivity index (χ3n) is 3.84. The number of amidine groups is 1. The van der Waals surface area contributed by atoms with Crippen molar-refractivity contribution < 1.29 is 9.60 Å². The van der Waals surface area contributed by atoms with E-state index in [1.54, 1.807) is 12.1 Å². The van der Waals surface area contributed by atoms with Gasteiger partial charge in [0, 0.05) is 41.3 Å². The molecule has 3 N–H and O–H groups in total. The third-order valence-corrected chi connectivity index (χ3v) is 5.18. The summed E-state index contributed by atoms with van der Waals surface area (Å²) in [6, 6.07) is 5.14. The molecular formula is C14H20FN3OS. The van der Waals surface area contributed by atoms with Gasteiger partial charge in [0.2, 0.25) is 0 Å². The van der Waals surface area contributed by atoms with Gasteiger partial charge >= 0.3 is 0 Å². The molecule has 0 aliphatic carbocycles. The second kappa shape index (κ2) is 6.45. The third kappa shape index (κ3) is 3.24. The maximum Gasteiger partial charge on any atom is 0.170 e. The summed E-state index contributed by atoms with van der Waals surface area (Å²) in [4.78, 5) is 2.29. The first kappa shape index (κ1) is 15.1. The van der Waals surface area contributed by atoms with Crippen molar-refractivity contribution in [2.75, 3.05) is 12.3 Å². The van der Waals surface area contributed by atoms with Gasteiger partial charge in [-0.15, -0.1) is 0 Å². The Hall–Kier alpha value is -1.27. The first-order valence-electron chi connectivity index (χ1n) is 6.65. The van der Waals surface area contributed by atoms with Gasteiger partial charge in [-0.1, -0.05) is 24.2 Å². The molecule has 0 spiro atoms. The van der Waals surface area contributed by atoms with E-state index >= 15 is 0 Å². The maximum atomic E-state index is 14.1. The molecule has 1 aromatic carbocycles. The van der Waals surface area contributed by atoms with E-state index in [1.807, 2.05) is 11.8 Å². The predicted molar refractivity (Wildman–Crippen MR) is 80.7 cm³/mol. The van der Waals surface area contributed by atoms with Crippen molar-refractivity contribution in [1.82, 2.24) is 4.90 Å². The van der Waals surface area contributed by atoms with Gasteiger partial charge in [0.15, 0.2) is 5.84 Å². The van der Waals surface area contributed by atoms with Crippen LogP contribution in [0.1, 0.15) is 25.0 Å². The van der Waals surface area contributed by atoms with Crippen LogP contribution in [0.5, 0.6) is 0 Å². The summed E-state index contributed by atoms with van der Waals surface area (Å²) < 4.78 is 14.1. The van der Waals surface area contributed by atoms with Crippen LogP contribution >= 0.6 is 11.8 Å². The second-order valence-electron chi connectivity index (χ2n) is 5.08. The van der Waals surface area contributed by atoms with E-state index in [-0.39, 0.29) is 11.7 Å². The molecule has 110 valence electrons. The van der Waals surface area contributed by atoms with E-state index in [1.165, 1.54) is 6.07 Å². The molecule has 0 radical (unpaired) electrons. The number of nitrogens with zero attached hydrogens (tertiary/aromatic N) is 2.